The summed E-state index contributed by atoms with van der Waals surface area (Å²) in [5, 5.41) is 11.8. The first-order valence-corrected chi connectivity index (χ1v) is 9.78. The van der Waals surface area contributed by atoms with Crippen LogP contribution >= 0.6 is 0 Å². The summed E-state index contributed by atoms with van der Waals surface area (Å²) < 4.78 is 5.36. The van der Waals surface area contributed by atoms with Crippen molar-refractivity contribution in [3.63, 3.8) is 0 Å². The quantitative estimate of drug-likeness (QED) is 0.830. The largest absolute Gasteiger partial charge is 0.468 e. The monoisotopic (exact) mass is 354 g/mol. The third kappa shape index (κ3) is 1.83. The van der Waals surface area contributed by atoms with Crippen molar-refractivity contribution in [3.8, 4) is 0 Å². The smallest absolute Gasteiger partial charge is 0.319 e. The van der Waals surface area contributed by atoms with E-state index in [2.05, 4.69) is 11.8 Å². The van der Waals surface area contributed by atoms with Crippen LogP contribution in [0.3, 0.4) is 0 Å². The van der Waals surface area contributed by atoms with Crippen LogP contribution < -0.4 is 0 Å². The molecule has 4 heterocycles. The lowest BCUT2D eigenvalue weighted by atomic mass is 9.54. The average molecular weight is 354 g/mol. The van der Waals surface area contributed by atoms with E-state index in [4.69, 9.17) is 9.73 Å². The van der Waals surface area contributed by atoms with E-state index in [9.17, 15) is 9.90 Å². The zero-order chi connectivity index (χ0) is 18.1. The summed E-state index contributed by atoms with van der Waals surface area (Å²) in [7, 11) is 1.47. The maximum atomic E-state index is 13.3. The molecule has 0 radical (unpaired) electrons. The molecule has 4 aliphatic heterocycles. The minimum Gasteiger partial charge on any atom is -0.468 e. The number of benzene rings is 1. The highest BCUT2D eigenvalue weighted by atomic mass is 16.5. The molecule has 0 spiro atoms. The summed E-state index contributed by atoms with van der Waals surface area (Å²) in [5.41, 5.74) is 0.295. The number of esters is 1. The van der Waals surface area contributed by atoms with Crippen LogP contribution in [-0.2, 0) is 15.1 Å². The Labute approximate surface area is 154 Å². The number of rotatable bonds is 2. The first kappa shape index (κ1) is 16.5. The molecule has 5 aliphatic rings. The van der Waals surface area contributed by atoms with Gasteiger partial charge in [-0.15, -0.1) is 0 Å². The second kappa shape index (κ2) is 5.40. The average Bonchev–Trinajstić information content (AvgIpc) is 2.95. The number of carbonyl (C=O) groups is 1. The van der Waals surface area contributed by atoms with E-state index in [1.54, 1.807) is 0 Å². The van der Waals surface area contributed by atoms with Crippen LogP contribution in [0.5, 0.6) is 0 Å². The van der Waals surface area contributed by atoms with Gasteiger partial charge in [-0.05, 0) is 37.2 Å². The number of aliphatic imine (C=N–C) groups is 1. The Morgan fingerprint density at radius 2 is 2.23 bits per heavy atom. The Morgan fingerprint density at radius 1 is 1.42 bits per heavy atom. The van der Waals surface area contributed by atoms with Crippen LogP contribution in [0.1, 0.15) is 38.2 Å². The number of aliphatic hydroxyl groups is 1. The summed E-state index contributed by atoms with van der Waals surface area (Å²) in [6.07, 6.45) is 3.53. The van der Waals surface area contributed by atoms with Crippen molar-refractivity contribution in [1.82, 2.24) is 4.90 Å². The van der Waals surface area contributed by atoms with Gasteiger partial charge < -0.3 is 9.84 Å². The van der Waals surface area contributed by atoms with E-state index in [1.165, 1.54) is 7.11 Å². The Bertz CT molecular complexity index is 806. The lowest BCUT2D eigenvalue weighted by molar-refractivity contribution is -0.164. The van der Waals surface area contributed by atoms with E-state index >= 15 is 0 Å². The second-order valence-corrected chi connectivity index (χ2v) is 8.46. The van der Waals surface area contributed by atoms with E-state index in [0.717, 1.165) is 43.6 Å². The number of hydrogen-bond donors (Lipinski definition) is 1. The highest BCUT2D eigenvalue weighted by molar-refractivity contribution is 6.15. The van der Waals surface area contributed by atoms with Gasteiger partial charge in [0.2, 0.25) is 0 Å². The molecule has 4 fully saturated rings. The van der Waals surface area contributed by atoms with Crippen molar-refractivity contribution in [2.45, 2.75) is 44.2 Å². The molecule has 1 aromatic rings. The Balaban J connectivity index is 1.77. The number of fused-ring (bicyclic) bond motifs is 4. The topological polar surface area (TPSA) is 62.1 Å². The van der Waals surface area contributed by atoms with Gasteiger partial charge >= 0.3 is 5.97 Å². The van der Waals surface area contributed by atoms with Gasteiger partial charge in [0.15, 0.2) is 0 Å². The van der Waals surface area contributed by atoms with Crippen molar-refractivity contribution >= 4 is 17.4 Å². The molecule has 138 valence electrons. The Hall–Kier alpha value is -1.72. The SMILES string of the molecule is CC[C@H]1C[C@H]2CN3CC[C@@]4(O)C(=Nc5ccccc54)[C@](C(=O)OC)(C2)[C@H]13. The normalized spacial score (nSPS) is 42.5. The lowest BCUT2D eigenvalue weighted by Crippen LogP contribution is -2.68. The van der Waals surface area contributed by atoms with E-state index < -0.39 is 11.0 Å². The van der Waals surface area contributed by atoms with Crippen LogP contribution in [0.2, 0.25) is 0 Å². The minimum atomic E-state index is -1.16. The fraction of sp³-hybridized carbons (Fsp3) is 0.619. The summed E-state index contributed by atoms with van der Waals surface area (Å²) in [6, 6.07) is 7.86. The first-order chi connectivity index (χ1) is 12.5. The molecule has 0 aromatic heterocycles. The predicted molar refractivity (Wildman–Crippen MR) is 98.4 cm³/mol. The van der Waals surface area contributed by atoms with Crippen molar-refractivity contribution in [2.75, 3.05) is 20.2 Å². The molecule has 0 amide bonds. The molecule has 6 atom stereocenters. The van der Waals surface area contributed by atoms with Gasteiger partial charge in [-0.1, -0.05) is 31.5 Å². The molecule has 1 saturated carbocycles. The standard InChI is InChI=1S/C21H26N2O3/c1-3-14-10-13-11-20(19(24)26-2)17(14)23(12-13)9-8-21(25)15-6-4-5-7-16(15)22-18(20)21/h4-7,13-14,17,25H,3,8-12H2,1-2H3/t13-,14+,17+,20+,21+/m1/s1. The van der Waals surface area contributed by atoms with Crippen molar-refractivity contribution in [3.05, 3.63) is 29.8 Å². The lowest BCUT2D eigenvalue weighted by Gasteiger charge is -2.58. The summed E-state index contributed by atoms with van der Waals surface area (Å²) in [5.74, 6) is 0.676. The maximum absolute atomic E-state index is 13.3. The molecule has 6 rings (SSSR count). The van der Waals surface area contributed by atoms with Gasteiger partial charge in [0.1, 0.15) is 11.0 Å². The van der Waals surface area contributed by atoms with Crippen LogP contribution in [0.15, 0.2) is 29.3 Å². The zero-order valence-corrected chi connectivity index (χ0v) is 15.4. The third-order valence-corrected chi connectivity index (χ3v) is 7.32. The predicted octanol–water partition coefficient (Wildman–Crippen LogP) is 2.64. The molecule has 3 saturated heterocycles. The molecule has 5 heteroatoms. The fourth-order valence-electron chi connectivity index (χ4n) is 6.44. The number of piperidine rings is 2. The molecule has 1 aliphatic carbocycles. The number of methoxy groups -OCH3 is 1. The Morgan fingerprint density at radius 3 is 3.00 bits per heavy atom. The summed E-state index contributed by atoms with van der Waals surface area (Å²) >= 11 is 0. The van der Waals surface area contributed by atoms with Crippen LogP contribution in [0.25, 0.3) is 0 Å². The van der Waals surface area contributed by atoms with Crippen molar-refractivity contribution < 1.29 is 14.6 Å². The number of hydrogen-bond acceptors (Lipinski definition) is 5. The van der Waals surface area contributed by atoms with Gasteiger partial charge in [-0.3, -0.25) is 14.7 Å². The van der Waals surface area contributed by atoms with Gasteiger partial charge in [-0.2, -0.15) is 0 Å². The number of carbonyl (C=O) groups excluding carboxylic acids is 1. The molecular formula is C21H26N2O3. The highest BCUT2D eigenvalue weighted by Gasteiger charge is 2.68. The van der Waals surface area contributed by atoms with Gasteiger partial charge in [0.25, 0.3) is 0 Å². The maximum Gasteiger partial charge on any atom is 0.319 e. The van der Waals surface area contributed by atoms with E-state index in [0.29, 0.717) is 24.0 Å². The van der Waals surface area contributed by atoms with Crippen LogP contribution in [0, 0.1) is 17.3 Å². The molecular weight excluding hydrogens is 328 g/mol. The summed E-state index contributed by atoms with van der Waals surface area (Å²) in [4.78, 5) is 20.6. The summed E-state index contributed by atoms with van der Waals surface area (Å²) in [6.45, 7) is 4.02. The number of para-hydroxylation sites is 1. The molecule has 1 aromatic carbocycles. The first-order valence-electron chi connectivity index (χ1n) is 9.78. The van der Waals surface area contributed by atoms with Gasteiger partial charge in [0.05, 0.1) is 18.5 Å². The zero-order valence-electron chi connectivity index (χ0n) is 15.4. The third-order valence-electron chi connectivity index (χ3n) is 7.32. The van der Waals surface area contributed by atoms with Gasteiger partial charge in [-0.25, -0.2) is 0 Å². The fourth-order valence-corrected chi connectivity index (χ4v) is 6.44. The molecule has 26 heavy (non-hydrogen) atoms. The highest BCUT2D eigenvalue weighted by Crippen LogP contribution is 2.59. The van der Waals surface area contributed by atoms with Gasteiger partial charge in [0, 0.05) is 24.7 Å². The number of ether oxygens (including phenoxy) is 1. The number of nitrogens with zero attached hydrogens (tertiary/aromatic N) is 2. The Kier molecular flexibility index (Phi) is 3.41. The van der Waals surface area contributed by atoms with Crippen molar-refractivity contribution in [1.29, 1.82) is 0 Å². The minimum absolute atomic E-state index is 0.0760. The van der Waals surface area contributed by atoms with E-state index in [1.807, 2.05) is 24.3 Å². The molecule has 1 N–H and O–H groups in total. The van der Waals surface area contributed by atoms with E-state index in [-0.39, 0.29) is 12.0 Å². The molecule has 4 bridgehead atoms. The molecule has 1 unspecified atom stereocenters. The van der Waals surface area contributed by atoms with Crippen LogP contribution in [0.4, 0.5) is 5.69 Å². The second-order valence-electron chi connectivity index (χ2n) is 8.46. The molecule has 5 nitrogen and oxygen atoms in total. The van der Waals surface area contributed by atoms with Crippen molar-refractivity contribution in [2.24, 2.45) is 22.2 Å². The van der Waals surface area contributed by atoms with Crippen LogP contribution in [-0.4, -0.2) is 47.9 Å².